The second-order valence-electron chi connectivity index (χ2n) is 3.66. The van der Waals surface area contributed by atoms with Crippen molar-refractivity contribution in [2.45, 2.75) is 19.3 Å². The van der Waals surface area contributed by atoms with Gasteiger partial charge in [-0.2, -0.15) is 37.9 Å². The molecule has 3 heteroatoms. The first-order valence-corrected chi connectivity index (χ1v) is 6.55. The maximum Gasteiger partial charge on any atom is -0.00636 e. The molecule has 1 saturated carbocycles. The summed E-state index contributed by atoms with van der Waals surface area (Å²) in [5.74, 6) is 5.40. The monoisotopic (exact) mass is 222 g/mol. The molecule has 0 aromatic carbocycles. The van der Waals surface area contributed by atoms with Gasteiger partial charge in [0.15, 0.2) is 0 Å². The Labute approximate surface area is 92.1 Å². The third-order valence-corrected chi connectivity index (χ3v) is 4.40. The molecule has 0 heterocycles. The molecule has 0 aromatic heterocycles. The second kappa shape index (κ2) is 5.71. The molecule has 0 amide bonds. The summed E-state index contributed by atoms with van der Waals surface area (Å²) in [6, 6.07) is 0. The normalized spacial score (nSPS) is 36.8. The lowest BCUT2D eigenvalue weighted by Gasteiger charge is -2.36. The molecule has 1 fully saturated rings. The van der Waals surface area contributed by atoms with Gasteiger partial charge < -0.3 is 0 Å². The zero-order chi connectivity index (χ0) is 8.97. The van der Waals surface area contributed by atoms with Crippen LogP contribution in [0.15, 0.2) is 0 Å². The van der Waals surface area contributed by atoms with Gasteiger partial charge in [0.05, 0.1) is 0 Å². The van der Waals surface area contributed by atoms with E-state index in [-0.39, 0.29) is 0 Å². The van der Waals surface area contributed by atoms with Gasteiger partial charge in [-0.05, 0) is 47.9 Å². The lowest BCUT2D eigenvalue weighted by atomic mass is 9.74. The van der Waals surface area contributed by atoms with E-state index in [9.17, 15) is 0 Å². The van der Waals surface area contributed by atoms with Crippen molar-refractivity contribution in [2.24, 2.45) is 17.8 Å². The molecule has 0 bridgehead atoms. The average Bonchev–Trinajstić information content (AvgIpc) is 2.16. The van der Waals surface area contributed by atoms with E-state index in [0.717, 1.165) is 35.0 Å². The Kier molecular flexibility index (Phi) is 5.30. The van der Waals surface area contributed by atoms with E-state index >= 15 is 0 Å². The van der Waals surface area contributed by atoms with Gasteiger partial charge in [-0.15, -0.1) is 0 Å². The van der Waals surface area contributed by atoms with E-state index in [0.29, 0.717) is 0 Å². The van der Waals surface area contributed by atoms with Crippen molar-refractivity contribution in [2.75, 3.05) is 17.3 Å². The highest BCUT2D eigenvalue weighted by Crippen LogP contribution is 2.36. The standard InChI is InChI=1S/C9H18S3/c10-4-7-2-1-3-8(5-11)9(7)6-12/h7-12H,1-6H2. The Morgan fingerprint density at radius 1 is 0.833 bits per heavy atom. The van der Waals surface area contributed by atoms with Gasteiger partial charge in [0.2, 0.25) is 0 Å². The van der Waals surface area contributed by atoms with Crippen LogP contribution in [0.4, 0.5) is 0 Å². The van der Waals surface area contributed by atoms with E-state index in [1.807, 2.05) is 0 Å². The molecule has 0 N–H and O–H groups in total. The molecule has 0 spiro atoms. The van der Waals surface area contributed by atoms with Gasteiger partial charge in [-0.25, -0.2) is 0 Å². The summed E-state index contributed by atoms with van der Waals surface area (Å²) in [6.07, 6.45) is 4.05. The predicted molar refractivity (Wildman–Crippen MR) is 65.9 cm³/mol. The summed E-state index contributed by atoms with van der Waals surface area (Å²) in [7, 11) is 0. The predicted octanol–water partition coefficient (Wildman–Crippen LogP) is 2.81. The molecule has 0 aliphatic heterocycles. The van der Waals surface area contributed by atoms with E-state index < -0.39 is 0 Å². The molecule has 0 saturated heterocycles. The third-order valence-electron chi connectivity index (χ3n) is 3.04. The van der Waals surface area contributed by atoms with Gasteiger partial charge in [0.1, 0.15) is 0 Å². The van der Waals surface area contributed by atoms with Crippen LogP contribution in [0.2, 0.25) is 0 Å². The molecule has 0 nitrogen and oxygen atoms in total. The van der Waals surface area contributed by atoms with Crippen LogP contribution in [-0.4, -0.2) is 17.3 Å². The highest BCUT2D eigenvalue weighted by atomic mass is 32.1. The summed E-state index contributed by atoms with van der Waals surface area (Å²) < 4.78 is 0. The fourth-order valence-corrected chi connectivity index (χ4v) is 3.71. The molecule has 2 unspecified atom stereocenters. The van der Waals surface area contributed by atoms with E-state index in [2.05, 4.69) is 37.9 Å². The fourth-order valence-electron chi connectivity index (χ4n) is 2.21. The van der Waals surface area contributed by atoms with Gasteiger partial charge in [-0.1, -0.05) is 6.42 Å². The van der Waals surface area contributed by atoms with Crippen LogP contribution in [0.5, 0.6) is 0 Å². The van der Waals surface area contributed by atoms with Crippen molar-refractivity contribution < 1.29 is 0 Å². The van der Waals surface area contributed by atoms with Crippen molar-refractivity contribution in [1.82, 2.24) is 0 Å². The minimum absolute atomic E-state index is 0.761. The van der Waals surface area contributed by atoms with Crippen LogP contribution >= 0.6 is 37.9 Å². The zero-order valence-corrected chi connectivity index (χ0v) is 10.00. The first-order valence-electron chi connectivity index (χ1n) is 4.66. The molecule has 1 rings (SSSR count). The van der Waals surface area contributed by atoms with Crippen LogP contribution in [0, 0.1) is 17.8 Å². The molecule has 12 heavy (non-hydrogen) atoms. The highest BCUT2D eigenvalue weighted by Gasteiger charge is 2.30. The minimum atomic E-state index is 0.761. The Bertz CT molecular complexity index is 115. The summed E-state index contributed by atoms with van der Waals surface area (Å²) in [5, 5.41) is 0. The van der Waals surface area contributed by atoms with E-state index in [1.165, 1.54) is 19.3 Å². The average molecular weight is 222 g/mol. The lowest BCUT2D eigenvalue weighted by Crippen LogP contribution is -2.31. The van der Waals surface area contributed by atoms with E-state index in [4.69, 9.17) is 0 Å². The third kappa shape index (κ3) is 2.52. The maximum absolute atomic E-state index is 4.42. The summed E-state index contributed by atoms with van der Waals surface area (Å²) in [6.45, 7) is 0. The largest absolute Gasteiger partial charge is 0.179 e. The SMILES string of the molecule is SCC1CCCC(CS)C1CS. The van der Waals surface area contributed by atoms with Crippen molar-refractivity contribution in [1.29, 1.82) is 0 Å². The highest BCUT2D eigenvalue weighted by molar-refractivity contribution is 7.80. The van der Waals surface area contributed by atoms with Gasteiger partial charge >= 0.3 is 0 Å². The molecular weight excluding hydrogens is 204 g/mol. The summed E-state index contributed by atoms with van der Waals surface area (Å²) >= 11 is 13.2. The molecule has 0 radical (unpaired) electrons. The Morgan fingerprint density at radius 2 is 1.33 bits per heavy atom. The van der Waals surface area contributed by atoms with Crippen LogP contribution < -0.4 is 0 Å². The molecule has 1 aliphatic rings. The Morgan fingerprint density at radius 3 is 1.67 bits per heavy atom. The molecule has 72 valence electrons. The van der Waals surface area contributed by atoms with Crippen molar-refractivity contribution in [3.63, 3.8) is 0 Å². The van der Waals surface area contributed by atoms with Crippen LogP contribution in [0.25, 0.3) is 0 Å². The quantitative estimate of drug-likeness (QED) is 0.601. The zero-order valence-electron chi connectivity index (χ0n) is 7.32. The smallest absolute Gasteiger partial charge is 0.00636 e. The molecule has 2 atom stereocenters. The summed E-state index contributed by atoms with van der Waals surface area (Å²) in [4.78, 5) is 0. The number of hydrogen-bond acceptors (Lipinski definition) is 3. The Balaban J connectivity index is 2.52. The van der Waals surface area contributed by atoms with Gasteiger partial charge in [0.25, 0.3) is 0 Å². The van der Waals surface area contributed by atoms with E-state index in [1.54, 1.807) is 0 Å². The fraction of sp³-hybridized carbons (Fsp3) is 1.00. The summed E-state index contributed by atoms with van der Waals surface area (Å²) in [5.41, 5.74) is 0. The second-order valence-corrected chi connectivity index (χ2v) is 4.76. The number of rotatable bonds is 3. The Hall–Kier alpha value is 1.05. The first kappa shape index (κ1) is 11.1. The van der Waals surface area contributed by atoms with Crippen LogP contribution in [-0.2, 0) is 0 Å². The minimum Gasteiger partial charge on any atom is -0.179 e. The number of thiol groups is 3. The van der Waals surface area contributed by atoms with Gasteiger partial charge in [-0.3, -0.25) is 0 Å². The lowest BCUT2D eigenvalue weighted by molar-refractivity contribution is 0.210. The maximum atomic E-state index is 4.42. The first-order chi connectivity index (χ1) is 5.83. The van der Waals surface area contributed by atoms with Gasteiger partial charge in [0, 0.05) is 0 Å². The van der Waals surface area contributed by atoms with Crippen molar-refractivity contribution in [3.8, 4) is 0 Å². The number of hydrogen-bond donors (Lipinski definition) is 3. The topological polar surface area (TPSA) is 0 Å². The van der Waals surface area contributed by atoms with Crippen molar-refractivity contribution >= 4 is 37.9 Å². The molecule has 0 aromatic rings. The molecular formula is C9H18S3. The van der Waals surface area contributed by atoms with Crippen LogP contribution in [0.3, 0.4) is 0 Å². The molecule has 1 aliphatic carbocycles. The van der Waals surface area contributed by atoms with Crippen molar-refractivity contribution in [3.05, 3.63) is 0 Å². The van der Waals surface area contributed by atoms with Crippen LogP contribution in [0.1, 0.15) is 19.3 Å².